The van der Waals surface area contributed by atoms with Gasteiger partial charge in [0.05, 0.1) is 4.90 Å². The molecule has 2 N–H and O–H groups in total. The first-order chi connectivity index (χ1) is 10.0. The van der Waals surface area contributed by atoms with E-state index >= 15 is 0 Å². The Balaban J connectivity index is 2.49. The summed E-state index contributed by atoms with van der Waals surface area (Å²) in [5.41, 5.74) is 0.929. The molecule has 0 aliphatic heterocycles. The van der Waals surface area contributed by atoms with Gasteiger partial charge in [0, 0.05) is 18.8 Å². The van der Waals surface area contributed by atoms with E-state index in [0.717, 1.165) is 38.3 Å². The van der Waals surface area contributed by atoms with Crippen LogP contribution < -0.4 is 10.0 Å². The predicted molar refractivity (Wildman–Crippen MR) is 88.2 cm³/mol. The second-order valence-electron chi connectivity index (χ2n) is 4.83. The van der Waals surface area contributed by atoms with Crippen molar-refractivity contribution in [2.24, 2.45) is 0 Å². The smallest absolute Gasteiger partial charge is 0.240 e. The zero-order valence-electron chi connectivity index (χ0n) is 13.2. The van der Waals surface area contributed by atoms with Gasteiger partial charge in [0.15, 0.2) is 0 Å². The second kappa shape index (κ2) is 9.02. The van der Waals surface area contributed by atoms with E-state index in [1.807, 2.05) is 6.92 Å². The van der Waals surface area contributed by atoms with Gasteiger partial charge in [-0.1, -0.05) is 13.8 Å². The van der Waals surface area contributed by atoms with E-state index in [1.165, 1.54) is 0 Å². The van der Waals surface area contributed by atoms with Gasteiger partial charge in [-0.05, 0) is 57.2 Å². The Bertz CT molecular complexity index is 496. The van der Waals surface area contributed by atoms with Crippen LogP contribution in [0.3, 0.4) is 0 Å². The Kier molecular flexibility index (Phi) is 7.71. The van der Waals surface area contributed by atoms with Crippen molar-refractivity contribution < 1.29 is 8.42 Å². The van der Waals surface area contributed by atoms with Crippen molar-refractivity contribution in [1.29, 1.82) is 0 Å². The molecule has 1 rings (SSSR count). The standard InChI is InChI=1S/C15H27N3O2S/c1-4-16-14-8-10-15(11-9-14)21(19,20)17-12-7-13-18(5-2)6-3/h8-11,16-17H,4-7,12-13H2,1-3H3. The third kappa shape index (κ3) is 6.03. The molecule has 0 atom stereocenters. The van der Waals surface area contributed by atoms with E-state index in [2.05, 4.69) is 28.8 Å². The molecule has 0 fully saturated rings. The van der Waals surface area contributed by atoms with Crippen LogP contribution in [-0.4, -0.2) is 46.0 Å². The van der Waals surface area contributed by atoms with Gasteiger partial charge in [0.1, 0.15) is 0 Å². The maximum Gasteiger partial charge on any atom is 0.240 e. The number of anilines is 1. The van der Waals surface area contributed by atoms with Crippen molar-refractivity contribution in [1.82, 2.24) is 9.62 Å². The summed E-state index contributed by atoms with van der Waals surface area (Å²) in [6, 6.07) is 6.83. The fraction of sp³-hybridized carbons (Fsp3) is 0.600. The number of nitrogens with one attached hydrogen (secondary N) is 2. The maximum absolute atomic E-state index is 12.1. The van der Waals surface area contributed by atoms with E-state index in [4.69, 9.17) is 0 Å². The highest BCUT2D eigenvalue weighted by atomic mass is 32.2. The van der Waals surface area contributed by atoms with Crippen LogP contribution in [0.5, 0.6) is 0 Å². The lowest BCUT2D eigenvalue weighted by molar-refractivity contribution is 0.300. The molecule has 0 saturated heterocycles. The summed E-state index contributed by atoms with van der Waals surface area (Å²) in [6.07, 6.45) is 0.816. The van der Waals surface area contributed by atoms with Crippen molar-refractivity contribution >= 4 is 15.7 Å². The Morgan fingerprint density at radius 2 is 1.67 bits per heavy atom. The first-order valence-corrected chi connectivity index (χ1v) is 9.07. The Labute approximate surface area is 128 Å². The molecule has 0 radical (unpaired) electrons. The van der Waals surface area contributed by atoms with Crippen LogP contribution in [0, 0.1) is 0 Å². The average Bonchev–Trinajstić information content (AvgIpc) is 2.48. The lowest BCUT2D eigenvalue weighted by Gasteiger charge is -2.17. The Morgan fingerprint density at radius 3 is 2.19 bits per heavy atom. The normalized spacial score (nSPS) is 11.8. The number of hydrogen-bond donors (Lipinski definition) is 2. The average molecular weight is 313 g/mol. The summed E-state index contributed by atoms with van der Waals surface area (Å²) >= 11 is 0. The number of nitrogens with zero attached hydrogens (tertiary/aromatic N) is 1. The van der Waals surface area contributed by atoms with Gasteiger partial charge >= 0.3 is 0 Å². The molecule has 6 heteroatoms. The molecule has 120 valence electrons. The summed E-state index contributed by atoms with van der Waals surface area (Å²) in [5, 5.41) is 3.14. The van der Waals surface area contributed by atoms with Gasteiger partial charge in [-0.15, -0.1) is 0 Å². The summed E-state index contributed by atoms with van der Waals surface area (Å²) in [7, 11) is -3.40. The minimum Gasteiger partial charge on any atom is -0.385 e. The second-order valence-corrected chi connectivity index (χ2v) is 6.60. The number of benzene rings is 1. The Hall–Kier alpha value is -1.11. The highest BCUT2D eigenvalue weighted by Crippen LogP contribution is 2.13. The quantitative estimate of drug-likeness (QED) is 0.650. The summed E-state index contributed by atoms with van der Waals surface area (Å²) in [5.74, 6) is 0. The van der Waals surface area contributed by atoms with E-state index in [-0.39, 0.29) is 0 Å². The first kappa shape index (κ1) is 17.9. The van der Waals surface area contributed by atoms with Crippen LogP contribution in [0.4, 0.5) is 5.69 Å². The SMILES string of the molecule is CCNc1ccc(S(=O)(=O)NCCCN(CC)CC)cc1. The fourth-order valence-corrected chi connectivity index (χ4v) is 3.16. The monoisotopic (exact) mass is 313 g/mol. The molecule has 0 saturated carbocycles. The fourth-order valence-electron chi connectivity index (χ4n) is 2.09. The molecule has 1 aromatic carbocycles. The number of hydrogen-bond acceptors (Lipinski definition) is 4. The van der Waals surface area contributed by atoms with Crippen molar-refractivity contribution in [3.63, 3.8) is 0 Å². The van der Waals surface area contributed by atoms with E-state index in [9.17, 15) is 8.42 Å². The van der Waals surface area contributed by atoms with Gasteiger partial charge < -0.3 is 10.2 Å². The lowest BCUT2D eigenvalue weighted by Crippen LogP contribution is -2.30. The molecule has 0 aliphatic rings. The van der Waals surface area contributed by atoms with Crippen molar-refractivity contribution in [3.05, 3.63) is 24.3 Å². The molecule has 0 spiro atoms. The molecule has 0 heterocycles. The van der Waals surface area contributed by atoms with Gasteiger partial charge in [0.2, 0.25) is 10.0 Å². The molecule has 5 nitrogen and oxygen atoms in total. The van der Waals surface area contributed by atoms with E-state index < -0.39 is 10.0 Å². The molecule has 1 aromatic rings. The lowest BCUT2D eigenvalue weighted by atomic mass is 10.3. The van der Waals surface area contributed by atoms with Crippen molar-refractivity contribution in [2.75, 3.05) is 38.0 Å². The third-order valence-corrected chi connectivity index (χ3v) is 4.86. The van der Waals surface area contributed by atoms with Crippen LogP contribution in [0.25, 0.3) is 0 Å². The summed E-state index contributed by atoms with van der Waals surface area (Å²) in [6.45, 7) is 10.4. The van der Waals surface area contributed by atoms with Gasteiger partial charge in [0.25, 0.3) is 0 Å². The highest BCUT2D eigenvalue weighted by molar-refractivity contribution is 7.89. The molecule has 0 unspecified atom stereocenters. The van der Waals surface area contributed by atoms with E-state index in [1.54, 1.807) is 24.3 Å². The molecular weight excluding hydrogens is 286 g/mol. The number of rotatable bonds is 10. The van der Waals surface area contributed by atoms with Gasteiger partial charge in [-0.3, -0.25) is 0 Å². The maximum atomic E-state index is 12.1. The zero-order valence-corrected chi connectivity index (χ0v) is 14.0. The van der Waals surface area contributed by atoms with Crippen LogP contribution in [0.15, 0.2) is 29.2 Å². The third-order valence-electron chi connectivity index (χ3n) is 3.38. The molecule has 0 bridgehead atoms. The molecule has 0 aromatic heterocycles. The van der Waals surface area contributed by atoms with Crippen LogP contribution >= 0.6 is 0 Å². The van der Waals surface area contributed by atoms with Crippen molar-refractivity contribution in [2.45, 2.75) is 32.1 Å². The van der Waals surface area contributed by atoms with Gasteiger partial charge in [-0.2, -0.15) is 0 Å². The predicted octanol–water partition coefficient (Wildman–Crippen LogP) is 2.13. The largest absolute Gasteiger partial charge is 0.385 e. The zero-order chi connectivity index (χ0) is 15.7. The van der Waals surface area contributed by atoms with E-state index in [0.29, 0.717) is 11.4 Å². The van der Waals surface area contributed by atoms with Crippen molar-refractivity contribution in [3.8, 4) is 0 Å². The summed E-state index contributed by atoms with van der Waals surface area (Å²) in [4.78, 5) is 2.59. The minimum absolute atomic E-state index is 0.312. The Morgan fingerprint density at radius 1 is 1.05 bits per heavy atom. The molecule has 0 amide bonds. The van der Waals surface area contributed by atoms with Crippen LogP contribution in [0.2, 0.25) is 0 Å². The van der Waals surface area contributed by atoms with Gasteiger partial charge in [-0.25, -0.2) is 13.1 Å². The summed E-state index contributed by atoms with van der Waals surface area (Å²) < 4.78 is 26.9. The van der Waals surface area contributed by atoms with Crippen LogP contribution in [-0.2, 0) is 10.0 Å². The minimum atomic E-state index is -3.40. The number of sulfonamides is 1. The molecule has 0 aliphatic carbocycles. The topological polar surface area (TPSA) is 61.4 Å². The molecular formula is C15H27N3O2S. The molecule has 21 heavy (non-hydrogen) atoms. The first-order valence-electron chi connectivity index (χ1n) is 7.59. The van der Waals surface area contributed by atoms with Crippen LogP contribution in [0.1, 0.15) is 27.2 Å². The highest BCUT2D eigenvalue weighted by Gasteiger charge is 2.13.